The Morgan fingerprint density at radius 1 is 1.33 bits per heavy atom. The van der Waals surface area contributed by atoms with Crippen molar-refractivity contribution in [3.63, 3.8) is 0 Å². The summed E-state index contributed by atoms with van der Waals surface area (Å²) in [7, 11) is 0. The highest BCUT2D eigenvalue weighted by Crippen LogP contribution is 2.27. The standard InChI is InChI=1S/C15H20ClNO/c1-11(13-4-2-3-5-13)17-15(18)14-8-6-12(10-16)7-9-14/h6-9,11,13H,2-5,10H2,1H3,(H,17,18)/t11-/m1/s1. The van der Waals surface area contributed by atoms with Crippen LogP contribution >= 0.6 is 11.6 Å². The van der Waals surface area contributed by atoms with Gasteiger partial charge in [0.25, 0.3) is 5.91 Å². The monoisotopic (exact) mass is 265 g/mol. The zero-order valence-corrected chi connectivity index (χ0v) is 11.5. The van der Waals surface area contributed by atoms with Gasteiger partial charge < -0.3 is 5.32 Å². The second-order valence-corrected chi connectivity index (χ2v) is 5.40. The summed E-state index contributed by atoms with van der Waals surface area (Å²) in [5.74, 6) is 1.16. The molecule has 1 saturated carbocycles. The molecule has 0 radical (unpaired) electrons. The predicted molar refractivity (Wildman–Crippen MR) is 74.9 cm³/mol. The number of amides is 1. The molecule has 0 saturated heterocycles. The number of benzene rings is 1. The fraction of sp³-hybridized carbons (Fsp3) is 0.533. The number of carbonyl (C=O) groups is 1. The molecule has 1 aliphatic rings. The molecular formula is C15H20ClNO. The van der Waals surface area contributed by atoms with Gasteiger partial charge in [0, 0.05) is 17.5 Å². The number of hydrogen-bond acceptors (Lipinski definition) is 1. The number of alkyl halides is 1. The summed E-state index contributed by atoms with van der Waals surface area (Å²) in [4.78, 5) is 12.1. The molecule has 0 spiro atoms. The minimum Gasteiger partial charge on any atom is -0.349 e. The molecule has 0 heterocycles. The van der Waals surface area contributed by atoms with E-state index >= 15 is 0 Å². The molecule has 1 fully saturated rings. The van der Waals surface area contributed by atoms with Gasteiger partial charge in [0.05, 0.1) is 0 Å². The Balaban J connectivity index is 1.93. The summed E-state index contributed by atoms with van der Waals surface area (Å²) in [6, 6.07) is 7.76. The first-order chi connectivity index (χ1) is 8.70. The molecule has 0 aliphatic heterocycles. The maximum absolute atomic E-state index is 12.1. The normalized spacial score (nSPS) is 17.7. The van der Waals surface area contributed by atoms with Gasteiger partial charge in [-0.2, -0.15) is 0 Å². The molecule has 1 N–H and O–H groups in total. The van der Waals surface area contributed by atoms with Crippen molar-refractivity contribution in [3.05, 3.63) is 35.4 Å². The first-order valence-corrected chi connectivity index (χ1v) is 7.20. The Hall–Kier alpha value is -1.02. The van der Waals surface area contributed by atoms with E-state index in [2.05, 4.69) is 12.2 Å². The Kier molecular flexibility index (Phi) is 4.65. The first-order valence-electron chi connectivity index (χ1n) is 6.66. The van der Waals surface area contributed by atoms with Gasteiger partial charge in [0.1, 0.15) is 0 Å². The lowest BCUT2D eigenvalue weighted by Gasteiger charge is -2.20. The van der Waals surface area contributed by atoms with Crippen molar-refractivity contribution in [2.24, 2.45) is 5.92 Å². The van der Waals surface area contributed by atoms with Crippen molar-refractivity contribution < 1.29 is 4.79 Å². The average Bonchev–Trinajstić information content (AvgIpc) is 2.92. The summed E-state index contributed by atoms with van der Waals surface area (Å²) in [5, 5.41) is 3.10. The van der Waals surface area contributed by atoms with Gasteiger partial charge in [-0.1, -0.05) is 25.0 Å². The lowest BCUT2D eigenvalue weighted by atomic mass is 9.99. The number of nitrogens with one attached hydrogen (secondary N) is 1. The fourth-order valence-electron chi connectivity index (χ4n) is 2.61. The lowest BCUT2D eigenvalue weighted by Crippen LogP contribution is -2.37. The molecule has 1 aliphatic carbocycles. The van der Waals surface area contributed by atoms with Gasteiger partial charge in [0.2, 0.25) is 0 Å². The molecule has 1 aromatic carbocycles. The molecular weight excluding hydrogens is 246 g/mol. The van der Waals surface area contributed by atoms with Crippen molar-refractivity contribution in [3.8, 4) is 0 Å². The third-order valence-electron chi connectivity index (χ3n) is 3.84. The van der Waals surface area contributed by atoms with Gasteiger partial charge in [-0.25, -0.2) is 0 Å². The minimum atomic E-state index is 0.0236. The van der Waals surface area contributed by atoms with E-state index in [0.29, 0.717) is 17.4 Å². The SMILES string of the molecule is C[C@@H](NC(=O)c1ccc(CCl)cc1)C1CCCC1. The highest BCUT2D eigenvalue weighted by molar-refractivity contribution is 6.17. The molecule has 1 atom stereocenters. The van der Waals surface area contributed by atoms with Gasteiger partial charge in [-0.05, 0) is 43.4 Å². The third kappa shape index (κ3) is 3.26. The highest BCUT2D eigenvalue weighted by atomic mass is 35.5. The molecule has 3 heteroatoms. The van der Waals surface area contributed by atoms with Gasteiger partial charge in [0.15, 0.2) is 0 Å². The van der Waals surface area contributed by atoms with Crippen LogP contribution in [0.3, 0.4) is 0 Å². The van der Waals surface area contributed by atoms with Crippen LogP contribution in [0.4, 0.5) is 0 Å². The summed E-state index contributed by atoms with van der Waals surface area (Å²) in [6.45, 7) is 2.11. The zero-order valence-electron chi connectivity index (χ0n) is 10.8. The Morgan fingerprint density at radius 3 is 2.50 bits per heavy atom. The third-order valence-corrected chi connectivity index (χ3v) is 4.14. The molecule has 1 amide bonds. The van der Waals surface area contributed by atoms with E-state index in [1.165, 1.54) is 25.7 Å². The Morgan fingerprint density at radius 2 is 1.94 bits per heavy atom. The van der Waals surface area contributed by atoms with E-state index in [1.807, 2.05) is 24.3 Å². The van der Waals surface area contributed by atoms with Gasteiger partial charge in [-0.3, -0.25) is 4.79 Å². The van der Waals surface area contributed by atoms with E-state index in [4.69, 9.17) is 11.6 Å². The van der Waals surface area contributed by atoms with Crippen LogP contribution in [0.5, 0.6) is 0 Å². The van der Waals surface area contributed by atoms with E-state index in [0.717, 1.165) is 5.56 Å². The Labute approximate surface area is 114 Å². The smallest absolute Gasteiger partial charge is 0.251 e. The zero-order chi connectivity index (χ0) is 13.0. The average molecular weight is 266 g/mol. The predicted octanol–water partition coefficient (Wildman–Crippen LogP) is 3.73. The fourth-order valence-corrected chi connectivity index (χ4v) is 2.79. The summed E-state index contributed by atoms with van der Waals surface area (Å²) < 4.78 is 0. The van der Waals surface area contributed by atoms with Gasteiger partial charge in [-0.15, -0.1) is 11.6 Å². The van der Waals surface area contributed by atoms with Crippen molar-refractivity contribution in [1.82, 2.24) is 5.32 Å². The largest absolute Gasteiger partial charge is 0.349 e. The molecule has 98 valence electrons. The lowest BCUT2D eigenvalue weighted by molar-refractivity contribution is 0.0927. The van der Waals surface area contributed by atoms with Crippen molar-refractivity contribution in [2.45, 2.75) is 44.5 Å². The second kappa shape index (κ2) is 6.24. The topological polar surface area (TPSA) is 29.1 Å². The molecule has 1 aromatic rings. The Bertz CT molecular complexity index is 395. The van der Waals surface area contributed by atoms with Crippen LogP contribution in [0.15, 0.2) is 24.3 Å². The van der Waals surface area contributed by atoms with Gasteiger partial charge >= 0.3 is 0 Å². The van der Waals surface area contributed by atoms with Crippen LogP contribution in [-0.2, 0) is 5.88 Å². The van der Waals surface area contributed by atoms with E-state index < -0.39 is 0 Å². The molecule has 18 heavy (non-hydrogen) atoms. The summed E-state index contributed by atoms with van der Waals surface area (Å²) >= 11 is 5.73. The number of halogens is 1. The maximum Gasteiger partial charge on any atom is 0.251 e. The van der Waals surface area contributed by atoms with Crippen molar-refractivity contribution in [2.75, 3.05) is 0 Å². The highest BCUT2D eigenvalue weighted by Gasteiger charge is 2.22. The number of hydrogen-bond donors (Lipinski definition) is 1. The van der Waals surface area contributed by atoms with Crippen LogP contribution < -0.4 is 5.32 Å². The molecule has 0 bridgehead atoms. The molecule has 0 unspecified atom stereocenters. The molecule has 2 nitrogen and oxygen atoms in total. The maximum atomic E-state index is 12.1. The first kappa shape index (κ1) is 13.4. The minimum absolute atomic E-state index is 0.0236. The summed E-state index contributed by atoms with van der Waals surface area (Å²) in [5.41, 5.74) is 1.76. The quantitative estimate of drug-likeness (QED) is 0.826. The van der Waals surface area contributed by atoms with Crippen LogP contribution in [0, 0.1) is 5.92 Å². The van der Waals surface area contributed by atoms with Crippen molar-refractivity contribution >= 4 is 17.5 Å². The number of carbonyl (C=O) groups excluding carboxylic acids is 1. The second-order valence-electron chi connectivity index (χ2n) is 5.14. The van der Waals surface area contributed by atoms with E-state index in [1.54, 1.807) is 0 Å². The van der Waals surface area contributed by atoms with E-state index in [-0.39, 0.29) is 11.9 Å². The van der Waals surface area contributed by atoms with Crippen LogP contribution in [-0.4, -0.2) is 11.9 Å². The molecule has 0 aromatic heterocycles. The number of rotatable bonds is 4. The molecule has 2 rings (SSSR count). The van der Waals surface area contributed by atoms with E-state index in [9.17, 15) is 4.79 Å². The van der Waals surface area contributed by atoms with Crippen molar-refractivity contribution in [1.29, 1.82) is 0 Å². The van der Waals surface area contributed by atoms with Crippen LogP contribution in [0.1, 0.15) is 48.5 Å². The summed E-state index contributed by atoms with van der Waals surface area (Å²) in [6.07, 6.45) is 5.09. The van der Waals surface area contributed by atoms with Crippen LogP contribution in [0.25, 0.3) is 0 Å². The van der Waals surface area contributed by atoms with Crippen LogP contribution in [0.2, 0.25) is 0 Å².